The van der Waals surface area contributed by atoms with Crippen LogP contribution in [0.5, 0.6) is 0 Å². The molecule has 1 unspecified atom stereocenters. The molecular formula is C27H36FN7O4. The van der Waals surface area contributed by atoms with Crippen molar-refractivity contribution in [3.8, 4) is 0 Å². The zero-order valence-electron chi connectivity index (χ0n) is 21.8. The number of rotatable bonds is 9. The number of aliphatic hydroxyl groups is 3. The maximum Gasteiger partial charge on any atom is 0.224 e. The molecule has 1 amide bonds. The van der Waals surface area contributed by atoms with Crippen LogP contribution in [0.4, 0.5) is 22.0 Å². The van der Waals surface area contributed by atoms with E-state index in [1.807, 2.05) is 4.57 Å². The number of hydrogen-bond acceptors (Lipinski definition) is 9. The third-order valence-electron chi connectivity index (χ3n) is 7.74. The van der Waals surface area contributed by atoms with Gasteiger partial charge >= 0.3 is 0 Å². The fraction of sp³-hybridized carbons (Fsp3) is 0.556. The second-order valence-corrected chi connectivity index (χ2v) is 10.5. The largest absolute Gasteiger partial charge is 0.394 e. The Hall–Kier alpha value is -3.35. The van der Waals surface area contributed by atoms with Gasteiger partial charge in [0.15, 0.2) is 5.65 Å². The van der Waals surface area contributed by atoms with Gasteiger partial charge in [0.2, 0.25) is 17.8 Å². The number of aromatic nitrogens is 4. The summed E-state index contributed by atoms with van der Waals surface area (Å²) in [6.45, 7) is -0.384. The number of hydrogen-bond donors (Lipinski definition) is 6. The fourth-order valence-electron chi connectivity index (χ4n) is 5.50. The summed E-state index contributed by atoms with van der Waals surface area (Å²) in [7, 11) is 0. The molecule has 2 aromatic heterocycles. The third-order valence-corrected chi connectivity index (χ3v) is 7.74. The van der Waals surface area contributed by atoms with Gasteiger partial charge in [0, 0.05) is 24.5 Å². The molecule has 6 N–H and O–H groups in total. The maximum atomic E-state index is 14.5. The number of halogens is 1. The zero-order valence-corrected chi connectivity index (χ0v) is 21.8. The molecule has 0 spiro atoms. The third kappa shape index (κ3) is 6.45. The van der Waals surface area contributed by atoms with Crippen molar-refractivity contribution in [3.05, 3.63) is 36.3 Å². The molecule has 39 heavy (non-hydrogen) atoms. The number of nitrogens with one attached hydrogen (secondary N) is 3. The molecule has 2 fully saturated rings. The van der Waals surface area contributed by atoms with Crippen LogP contribution in [0.15, 0.2) is 30.5 Å². The van der Waals surface area contributed by atoms with Crippen molar-refractivity contribution < 1.29 is 24.5 Å². The van der Waals surface area contributed by atoms with Gasteiger partial charge in [-0.3, -0.25) is 9.36 Å². The lowest BCUT2D eigenvalue weighted by molar-refractivity contribution is -0.126. The van der Waals surface area contributed by atoms with E-state index in [0.29, 0.717) is 54.4 Å². The van der Waals surface area contributed by atoms with Gasteiger partial charge in [-0.15, -0.1) is 0 Å². The predicted octanol–water partition coefficient (Wildman–Crippen LogP) is 2.63. The molecule has 5 rings (SSSR count). The lowest BCUT2D eigenvalue weighted by Crippen LogP contribution is -2.39. The van der Waals surface area contributed by atoms with Crippen molar-refractivity contribution in [3.63, 3.8) is 0 Å². The van der Waals surface area contributed by atoms with Crippen molar-refractivity contribution in [2.75, 3.05) is 23.8 Å². The molecule has 1 aromatic carbocycles. The van der Waals surface area contributed by atoms with E-state index in [0.717, 1.165) is 25.7 Å². The smallest absolute Gasteiger partial charge is 0.224 e. The van der Waals surface area contributed by atoms with Crippen molar-refractivity contribution in [2.24, 2.45) is 5.92 Å². The minimum Gasteiger partial charge on any atom is -0.394 e. The van der Waals surface area contributed by atoms with E-state index >= 15 is 0 Å². The van der Waals surface area contributed by atoms with Crippen LogP contribution in [0.1, 0.15) is 57.4 Å². The average Bonchev–Trinajstić information content (AvgIpc) is 3.31. The van der Waals surface area contributed by atoms with Crippen LogP contribution in [0.25, 0.3) is 11.2 Å². The Balaban J connectivity index is 1.38. The molecule has 210 valence electrons. The number of amides is 1. The second-order valence-electron chi connectivity index (χ2n) is 10.5. The molecule has 0 radical (unpaired) electrons. The van der Waals surface area contributed by atoms with Gasteiger partial charge in [-0.25, -0.2) is 14.4 Å². The molecule has 11 nitrogen and oxygen atoms in total. The van der Waals surface area contributed by atoms with Gasteiger partial charge in [0.25, 0.3) is 0 Å². The van der Waals surface area contributed by atoms with E-state index in [2.05, 4.69) is 20.9 Å². The summed E-state index contributed by atoms with van der Waals surface area (Å²) in [5.41, 5.74) is 1.51. The highest BCUT2D eigenvalue weighted by Crippen LogP contribution is 2.37. The van der Waals surface area contributed by atoms with E-state index in [4.69, 9.17) is 15.1 Å². The molecule has 0 bridgehead atoms. The number of carbonyl (C=O) groups excluding carboxylic acids is 1. The normalized spacial score (nSPS) is 24.3. The minimum atomic E-state index is -0.976. The Kier molecular flexibility index (Phi) is 8.53. The Bertz CT molecular complexity index is 1270. The molecule has 2 saturated carbocycles. The minimum absolute atomic E-state index is 0.0186. The summed E-state index contributed by atoms with van der Waals surface area (Å²) < 4.78 is 16.5. The lowest BCUT2D eigenvalue weighted by Gasteiger charge is -2.30. The van der Waals surface area contributed by atoms with E-state index in [-0.39, 0.29) is 36.6 Å². The molecule has 0 saturated heterocycles. The summed E-state index contributed by atoms with van der Waals surface area (Å²) in [5.74, 6) is 0.222. The Morgan fingerprint density at radius 3 is 2.54 bits per heavy atom. The Labute approximate surface area is 225 Å². The van der Waals surface area contributed by atoms with Crippen LogP contribution in [0.3, 0.4) is 0 Å². The molecule has 3 aromatic rings. The second kappa shape index (κ2) is 12.2. The number of nitrogens with zero attached hydrogens (tertiary/aromatic N) is 4. The highest BCUT2D eigenvalue weighted by molar-refractivity contribution is 5.79. The van der Waals surface area contributed by atoms with E-state index in [1.165, 1.54) is 6.07 Å². The molecule has 0 aliphatic heterocycles. The predicted molar refractivity (Wildman–Crippen MR) is 144 cm³/mol. The van der Waals surface area contributed by atoms with Crippen LogP contribution in [-0.2, 0) is 4.79 Å². The van der Waals surface area contributed by atoms with Crippen molar-refractivity contribution in [1.82, 2.24) is 24.8 Å². The van der Waals surface area contributed by atoms with Gasteiger partial charge < -0.3 is 31.3 Å². The molecule has 2 aliphatic rings. The summed E-state index contributed by atoms with van der Waals surface area (Å²) in [5, 5.41) is 37.6. The summed E-state index contributed by atoms with van der Waals surface area (Å²) in [4.78, 5) is 26.6. The maximum absolute atomic E-state index is 14.5. The molecular weight excluding hydrogens is 505 g/mol. The van der Waals surface area contributed by atoms with Gasteiger partial charge in [-0.2, -0.15) is 4.98 Å². The SMILES string of the molecule is O=C(NCC(O)CO)C1CCC(n2c(Nc3ccccc3F)nc3cnc(NC4CCC(O)CC4)nc32)CC1. The number of benzene rings is 1. The lowest BCUT2D eigenvalue weighted by atomic mass is 9.85. The number of para-hydroxylation sites is 1. The zero-order chi connectivity index (χ0) is 27.4. The standard InChI is InChI=1S/C27H36FN7O4/c28-21-3-1-2-4-22(21)32-27-33-23-14-30-26(31-17-7-11-19(37)12-8-17)34-24(23)35(27)18-9-5-16(6-10-18)25(39)29-13-20(38)15-36/h1-4,14,16-20,36-38H,5-13,15H2,(H,29,39)(H,32,33)(H,30,31,34). The first-order valence-electron chi connectivity index (χ1n) is 13.7. The quantitative estimate of drug-likeness (QED) is 0.240. The number of carbonyl (C=O) groups is 1. The first-order valence-corrected chi connectivity index (χ1v) is 13.7. The van der Waals surface area contributed by atoms with E-state index < -0.39 is 18.5 Å². The monoisotopic (exact) mass is 541 g/mol. The average molecular weight is 542 g/mol. The summed E-state index contributed by atoms with van der Waals surface area (Å²) in [6.07, 6.45) is 6.22. The van der Waals surface area contributed by atoms with Gasteiger partial charge in [0.1, 0.15) is 11.3 Å². The molecule has 2 heterocycles. The van der Waals surface area contributed by atoms with E-state index in [1.54, 1.807) is 24.4 Å². The van der Waals surface area contributed by atoms with Crippen LogP contribution in [0.2, 0.25) is 0 Å². The first-order chi connectivity index (χ1) is 18.9. The topological polar surface area (TPSA) is 157 Å². The van der Waals surface area contributed by atoms with Crippen LogP contribution >= 0.6 is 0 Å². The van der Waals surface area contributed by atoms with E-state index in [9.17, 15) is 19.4 Å². The highest BCUT2D eigenvalue weighted by atomic mass is 19.1. The Morgan fingerprint density at radius 2 is 1.82 bits per heavy atom. The first kappa shape index (κ1) is 27.2. The number of aliphatic hydroxyl groups excluding tert-OH is 3. The number of anilines is 3. The van der Waals surface area contributed by atoms with Crippen molar-refractivity contribution in [2.45, 2.75) is 75.7 Å². The number of fused-ring (bicyclic) bond motifs is 1. The van der Waals surface area contributed by atoms with Crippen LogP contribution in [0, 0.1) is 11.7 Å². The Morgan fingerprint density at radius 1 is 1.08 bits per heavy atom. The van der Waals surface area contributed by atoms with Crippen LogP contribution in [-0.4, -0.2) is 72.1 Å². The molecule has 1 atom stereocenters. The summed E-state index contributed by atoms with van der Waals surface area (Å²) in [6, 6.07) is 6.56. The van der Waals surface area contributed by atoms with Crippen LogP contribution < -0.4 is 16.0 Å². The fourth-order valence-corrected chi connectivity index (χ4v) is 5.50. The molecule has 12 heteroatoms. The summed E-state index contributed by atoms with van der Waals surface area (Å²) >= 11 is 0. The van der Waals surface area contributed by atoms with Gasteiger partial charge in [-0.05, 0) is 63.5 Å². The number of imidazole rings is 1. The highest BCUT2D eigenvalue weighted by Gasteiger charge is 2.30. The molecule has 2 aliphatic carbocycles. The van der Waals surface area contributed by atoms with Gasteiger partial charge in [-0.1, -0.05) is 12.1 Å². The van der Waals surface area contributed by atoms with Crippen molar-refractivity contribution >= 4 is 34.7 Å². The van der Waals surface area contributed by atoms with Gasteiger partial charge in [0.05, 0.1) is 30.7 Å². The van der Waals surface area contributed by atoms with Crippen molar-refractivity contribution in [1.29, 1.82) is 0 Å².